The first-order valence-electron chi connectivity index (χ1n) is 12.6. The van der Waals surface area contributed by atoms with Crippen molar-refractivity contribution < 1.29 is 9.53 Å². The molecule has 29 heavy (non-hydrogen) atoms. The third-order valence-corrected chi connectivity index (χ3v) is 10.1. The molecule has 3 aliphatic carbocycles. The molecule has 4 rings (SSSR count). The van der Waals surface area contributed by atoms with Crippen LogP contribution in [0.5, 0.6) is 0 Å². The van der Waals surface area contributed by atoms with Gasteiger partial charge in [-0.1, -0.05) is 66.9 Å². The first-order valence-corrected chi connectivity index (χ1v) is 12.6. The molecule has 3 saturated carbocycles. The highest BCUT2D eigenvalue weighted by Crippen LogP contribution is 2.67. The molecule has 0 saturated heterocycles. The molecule has 3 fully saturated rings. The molecule has 0 radical (unpaired) electrons. The second kappa shape index (κ2) is 7.72. The number of fused-ring (bicyclic) bond motifs is 5. The predicted molar refractivity (Wildman–Crippen MR) is 119 cm³/mol. The van der Waals surface area contributed by atoms with Crippen molar-refractivity contribution in [2.45, 2.75) is 99.0 Å². The van der Waals surface area contributed by atoms with Gasteiger partial charge in [0.2, 0.25) is 0 Å². The van der Waals surface area contributed by atoms with Crippen molar-refractivity contribution in [3.05, 3.63) is 12.2 Å². The Balaban J connectivity index is 1.53. The number of hydrogen-bond donors (Lipinski definition) is 0. The van der Waals surface area contributed by atoms with Crippen molar-refractivity contribution in [3.63, 3.8) is 0 Å². The average Bonchev–Trinajstić information content (AvgIpc) is 3.00. The van der Waals surface area contributed by atoms with Crippen LogP contribution >= 0.6 is 0 Å². The summed E-state index contributed by atoms with van der Waals surface area (Å²) >= 11 is 0. The van der Waals surface area contributed by atoms with Crippen LogP contribution in [0.4, 0.5) is 0 Å². The van der Waals surface area contributed by atoms with Crippen LogP contribution < -0.4 is 0 Å². The van der Waals surface area contributed by atoms with E-state index in [4.69, 9.17) is 4.74 Å². The Hall–Kier alpha value is -0.790. The van der Waals surface area contributed by atoms with E-state index in [1.165, 1.54) is 44.9 Å². The zero-order chi connectivity index (χ0) is 21.0. The number of ether oxygens (including phenoxy) is 1. The fourth-order valence-corrected chi connectivity index (χ4v) is 8.56. The Kier molecular flexibility index (Phi) is 5.71. The normalized spacial score (nSPS) is 47.3. The molecule has 0 bridgehead atoms. The molecule has 0 aromatic carbocycles. The minimum Gasteiger partial charge on any atom is -0.458 e. The average molecular weight is 401 g/mol. The van der Waals surface area contributed by atoms with E-state index in [1.54, 1.807) is 6.08 Å². The zero-order valence-corrected chi connectivity index (χ0v) is 19.7. The molecule has 0 unspecified atom stereocenters. The Morgan fingerprint density at radius 2 is 1.86 bits per heavy atom. The molecule has 164 valence electrons. The second-order valence-electron chi connectivity index (χ2n) is 12.2. The van der Waals surface area contributed by atoms with E-state index in [1.807, 2.05) is 0 Å². The van der Waals surface area contributed by atoms with Gasteiger partial charge in [0.15, 0.2) is 0 Å². The maximum atomic E-state index is 11.9. The molecule has 0 N–H and O–H groups in total. The van der Waals surface area contributed by atoms with Crippen molar-refractivity contribution in [2.24, 2.45) is 52.3 Å². The highest BCUT2D eigenvalue weighted by molar-refractivity contribution is 5.83. The van der Waals surface area contributed by atoms with Gasteiger partial charge in [-0.05, 0) is 78.9 Å². The van der Waals surface area contributed by atoms with Crippen molar-refractivity contribution in [1.82, 2.24) is 0 Å². The minimum absolute atomic E-state index is 0.0490. The summed E-state index contributed by atoms with van der Waals surface area (Å²) in [5.74, 6) is 5.46. The third-order valence-electron chi connectivity index (χ3n) is 10.1. The Bertz CT molecular complexity index is 651. The largest absolute Gasteiger partial charge is 0.458 e. The highest BCUT2D eigenvalue weighted by atomic mass is 16.5. The van der Waals surface area contributed by atoms with E-state index in [0.29, 0.717) is 17.3 Å². The molecule has 2 nitrogen and oxygen atoms in total. The topological polar surface area (TPSA) is 26.3 Å². The molecule has 1 aliphatic heterocycles. The van der Waals surface area contributed by atoms with Gasteiger partial charge in [-0.25, -0.2) is 4.79 Å². The Morgan fingerprint density at radius 3 is 2.59 bits per heavy atom. The summed E-state index contributed by atoms with van der Waals surface area (Å²) in [6.45, 7) is 14.8. The van der Waals surface area contributed by atoms with Gasteiger partial charge in [-0.15, -0.1) is 0 Å². The summed E-state index contributed by atoms with van der Waals surface area (Å²) in [4.78, 5) is 11.9. The number of carbonyl (C=O) groups is 1. The van der Waals surface area contributed by atoms with Gasteiger partial charge in [0.25, 0.3) is 0 Å². The van der Waals surface area contributed by atoms with E-state index >= 15 is 0 Å². The predicted octanol–water partition coefficient (Wildman–Crippen LogP) is 7.04. The first-order chi connectivity index (χ1) is 13.7. The standard InChI is InChI=1S/C27H44O2/c1-17(2)8-7-9-18(3)20-10-11-21-25-19(4)16-23-27(6,15-13-24(28)29-23)22(25)12-14-26(20,21)5/h13,15,17-23,25H,7-12,14,16H2,1-6H3/t18-,19+,20-,21+,22+,23-,25+,26-,27-/m1/s1. The van der Waals surface area contributed by atoms with Crippen LogP contribution in [0.3, 0.4) is 0 Å². The van der Waals surface area contributed by atoms with Crippen LogP contribution in [0.25, 0.3) is 0 Å². The van der Waals surface area contributed by atoms with Crippen molar-refractivity contribution in [3.8, 4) is 0 Å². The van der Waals surface area contributed by atoms with Gasteiger partial charge >= 0.3 is 5.97 Å². The van der Waals surface area contributed by atoms with Gasteiger partial charge in [-0.2, -0.15) is 0 Å². The molecule has 0 spiro atoms. The highest BCUT2D eigenvalue weighted by Gasteiger charge is 2.62. The summed E-state index contributed by atoms with van der Waals surface area (Å²) in [5.41, 5.74) is 0.568. The lowest BCUT2D eigenvalue weighted by Gasteiger charge is -2.60. The van der Waals surface area contributed by atoms with E-state index < -0.39 is 0 Å². The zero-order valence-electron chi connectivity index (χ0n) is 19.7. The second-order valence-corrected chi connectivity index (χ2v) is 12.2. The van der Waals surface area contributed by atoms with Gasteiger partial charge < -0.3 is 4.74 Å². The lowest BCUT2D eigenvalue weighted by atomic mass is 9.45. The smallest absolute Gasteiger partial charge is 0.330 e. The van der Waals surface area contributed by atoms with Crippen LogP contribution in [0.2, 0.25) is 0 Å². The summed E-state index contributed by atoms with van der Waals surface area (Å²) in [6.07, 6.45) is 14.8. The lowest BCUT2D eigenvalue weighted by molar-refractivity contribution is -0.175. The van der Waals surface area contributed by atoms with E-state index in [0.717, 1.165) is 36.0 Å². The maximum absolute atomic E-state index is 11.9. The minimum atomic E-state index is -0.130. The van der Waals surface area contributed by atoms with Gasteiger partial charge in [0, 0.05) is 11.5 Å². The van der Waals surface area contributed by atoms with Gasteiger partial charge in [-0.3, -0.25) is 0 Å². The van der Waals surface area contributed by atoms with Gasteiger partial charge in [0.05, 0.1) is 0 Å². The fourth-order valence-electron chi connectivity index (χ4n) is 8.56. The van der Waals surface area contributed by atoms with Gasteiger partial charge in [0.1, 0.15) is 6.10 Å². The molecular formula is C27H44O2. The molecule has 0 aromatic rings. The first kappa shape index (κ1) is 21.4. The Morgan fingerprint density at radius 1 is 1.10 bits per heavy atom. The molecule has 0 amide bonds. The van der Waals surface area contributed by atoms with Crippen LogP contribution in [0, 0.1) is 52.3 Å². The number of hydrogen-bond acceptors (Lipinski definition) is 2. The number of esters is 1. The van der Waals surface area contributed by atoms with Crippen LogP contribution in [0.1, 0.15) is 92.9 Å². The van der Waals surface area contributed by atoms with Crippen molar-refractivity contribution in [2.75, 3.05) is 0 Å². The monoisotopic (exact) mass is 400 g/mol. The Labute approximate surface area is 179 Å². The summed E-state index contributed by atoms with van der Waals surface area (Å²) in [7, 11) is 0. The summed E-state index contributed by atoms with van der Waals surface area (Å²) < 4.78 is 5.85. The molecule has 0 aromatic heterocycles. The van der Waals surface area contributed by atoms with Crippen LogP contribution in [0.15, 0.2) is 12.2 Å². The van der Waals surface area contributed by atoms with Crippen LogP contribution in [-0.4, -0.2) is 12.1 Å². The fraction of sp³-hybridized carbons (Fsp3) is 0.889. The molecule has 2 heteroatoms. The SMILES string of the molecule is CC(C)CCC[C@@H](C)[C@H]1CC[C@H]2[C@@H]3[C@@H](C)C[C@H]4OC(=O)C=C[C@]4(C)[C@H]3CC[C@]12C. The molecule has 9 atom stereocenters. The third kappa shape index (κ3) is 3.51. The van der Waals surface area contributed by atoms with Crippen molar-refractivity contribution >= 4 is 5.97 Å². The maximum Gasteiger partial charge on any atom is 0.330 e. The quantitative estimate of drug-likeness (QED) is 0.463. The summed E-state index contributed by atoms with van der Waals surface area (Å²) in [5, 5.41) is 0. The lowest BCUT2D eigenvalue weighted by Crippen LogP contribution is -2.57. The summed E-state index contributed by atoms with van der Waals surface area (Å²) in [6, 6.07) is 0. The van der Waals surface area contributed by atoms with Crippen molar-refractivity contribution in [1.29, 1.82) is 0 Å². The number of carbonyl (C=O) groups excluding carboxylic acids is 1. The van der Waals surface area contributed by atoms with E-state index in [2.05, 4.69) is 47.6 Å². The molecule has 1 heterocycles. The van der Waals surface area contributed by atoms with Crippen LogP contribution in [-0.2, 0) is 9.53 Å². The molecule has 4 aliphatic rings. The molecular weight excluding hydrogens is 356 g/mol. The number of rotatable bonds is 5. The van der Waals surface area contributed by atoms with E-state index in [-0.39, 0.29) is 17.5 Å². The van der Waals surface area contributed by atoms with E-state index in [9.17, 15) is 4.79 Å².